The van der Waals surface area contributed by atoms with E-state index in [0.717, 1.165) is 29.7 Å². The number of ether oxygens (including phenoxy) is 2. The summed E-state index contributed by atoms with van der Waals surface area (Å²) in [5.74, 6) is -0.296. The largest absolute Gasteiger partial charge is 0.426 e. The minimum atomic E-state index is -0.507. The Morgan fingerprint density at radius 1 is 0.825 bits per heavy atom. The van der Waals surface area contributed by atoms with Gasteiger partial charge in [-0.25, -0.2) is 4.79 Å². The predicted octanol–water partition coefficient (Wildman–Crippen LogP) is 7.02. The van der Waals surface area contributed by atoms with Gasteiger partial charge in [-0.2, -0.15) is 0 Å². The number of aliphatic hydroxyl groups excluding tert-OH is 1. The highest BCUT2D eigenvalue weighted by Gasteiger charge is 2.24. The molecule has 3 aromatic carbocycles. The second-order valence-corrected chi connectivity index (χ2v) is 10.7. The van der Waals surface area contributed by atoms with Crippen LogP contribution in [0.25, 0.3) is 0 Å². The van der Waals surface area contributed by atoms with E-state index < -0.39 is 5.97 Å². The van der Waals surface area contributed by atoms with E-state index >= 15 is 0 Å². The average Bonchev–Trinajstić information content (AvgIpc) is 2.92. The molecule has 0 spiro atoms. The molecule has 0 aliphatic carbocycles. The lowest BCUT2D eigenvalue weighted by Gasteiger charge is -2.32. The van der Waals surface area contributed by atoms with Crippen LogP contribution < -0.4 is 9.47 Å². The molecule has 0 fully saturated rings. The highest BCUT2D eigenvalue weighted by molar-refractivity contribution is 5.91. The summed E-state index contributed by atoms with van der Waals surface area (Å²) in [6.07, 6.45) is 0.815. The number of hydrogen-bond acceptors (Lipinski definition) is 6. The molecule has 1 atom stereocenters. The summed E-state index contributed by atoms with van der Waals surface area (Å²) in [6.45, 7) is 13.1. The van der Waals surface area contributed by atoms with Gasteiger partial charge in [-0.15, -0.1) is 12.4 Å². The van der Waals surface area contributed by atoms with Gasteiger partial charge in [0.25, 0.3) is 0 Å². The molecule has 0 aromatic heterocycles. The lowest BCUT2D eigenvalue weighted by atomic mass is 9.86. The SMILES string of the molecule is CC(C)C(=O)Oc1ccc(C(=O)Oc2ccc(CO)cc2[C@H](CCN(C(C)C)C(C)C)c2ccccc2)cc1.Cl. The van der Waals surface area contributed by atoms with Crippen LogP contribution in [0, 0.1) is 5.92 Å². The Morgan fingerprint density at radius 2 is 1.45 bits per heavy atom. The third-order valence-electron chi connectivity index (χ3n) is 6.82. The lowest BCUT2D eigenvalue weighted by molar-refractivity contribution is -0.137. The molecule has 216 valence electrons. The fourth-order valence-corrected chi connectivity index (χ4v) is 4.69. The normalized spacial score (nSPS) is 12.0. The molecule has 0 aliphatic heterocycles. The number of hydrogen-bond donors (Lipinski definition) is 1. The van der Waals surface area contributed by atoms with Crippen molar-refractivity contribution in [1.82, 2.24) is 4.90 Å². The first-order chi connectivity index (χ1) is 18.6. The van der Waals surface area contributed by atoms with Crippen molar-refractivity contribution in [2.24, 2.45) is 5.92 Å². The number of rotatable bonds is 12. The van der Waals surface area contributed by atoms with Gasteiger partial charge in [0.15, 0.2) is 0 Å². The Balaban J connectivity index is 0.00000560. The number of carbonyl (C=O) groups excluding carboxylic acids is 2. The highest BCUT2D eigenvalue weighted by atomic mass is 35.5. The van der Waals surface area contributed by atoms with Crippen LogP contribution in [0.4, 0.5) is 0 Å². The molecule has 3 aromatic rings. The zero-order valence-corrected chi connectivity index (χ0v) is 25.1. The monoisotopic (exact) mass is 567 g/mol. The molecule has 7 heteroatoms. The van der Waals surface area contributed by atoms with E-state index in [0.29, 0.717) is 29.1 Å². The van der Waals surface area contributed by atoms with E-state index in [2.05, 4.69) is 44.7 Å². The van der Waals surface area contributed by atoms with Gasteiger partial charge in [-0.05, 0) is 88.2 Å². The van der Waals surface area contributed by atoms with Gasteiger partial charge in [0.1, 0.15) is 11.5 Å². The molecule has 0 saturated heterocycles. The number of aliphatic hydroxyl groups is 1. The summed E-state index contributed by atoms with van der Waals surface area (Å²) < 4.78 is 11.3. The third kappa shape index (κ3) is 8.91. The van der Waals surface area contributed by atoms with Crippen molar-refractivity contribution in [2.45, 2.75) is 72.6 Å². The fourth-order valence-electron chi connectivity index (χ4n) is 4.69. The molecule has 0 bridgehead atoms. The van der Waals surface area contributed by atoms with Crippen molar-refractivity contribution in [3.63, 3.8) is 0 Å². The van der Waals surface area contributed by atoms with E-state index in [-0.39, 0.29) is 36.8 Å². The van der Waals surface area contributed by atoms with Gasteiger partial charge in [0, 0.05) is 23.6 Å². The molecule has 6 nitrogen and oxygen atoms in total. The summed E-state index contributed by atoms with van der Waals surface area (Å²) >= 11 is 0. The lowest BCUT2D eigenvalue weighted by Crippen LogP contribution is -2.38. The van der Waals surface area contributed by atoms with Crippen LogP contribution in [0.15, 0.2) is 72.8 Å². The summed E-state index contributed by atoms with van der Waals surface area (Å²) in [6, 6.07) is 22.8. The maximum absolute atomic E-state index is 13.2. The molecule has 1 N–H and O–H groups in total. The average molecular weight is 568 g/mol. The number of carbonyl (C=O) groups is 2. The molecular formula is C33H42ClNO5. The van der Waals surface area contributed by atoms with E-state index in [1.165, 1.54) is 0 Å². The first-order valence-electron chi connectivity index (χ1n) is 13.7. The number of benzene rings is 3. The van der Waals surface area contributed by atoms with Crippen molar-refractivity contribution in [3.8, 4) is 11.5 Å². The Morgan fingerprint density at radius 3 is 2.00 bits per heavy atom. The van der Waals surface area contributed by atoms with Crippen LogP contribution in [0.3, 0.4) is 0 Å². The maximum atomic E-state index is 13.2. The molecular weight excluding hydrogens is 526 g/mol. The fraction of sp³-hybridized carbons (Fsp3) is 0.394. The molecule has 3 rings (SSSR count). The minimum absolute atomic E-state index is 0. The minimum Gasteiger partial charge on any atom is -0.426 e. The van der Waals surface area contributed by atoms with Crippen LogP contribution in [0.1, 0.15) is 80.9 Å². The van der Waals surface area contributed by atoms with Gasteiger partial charge >= 0.3 is 11.9 Å². The molecule has 0 aliphatic rings. The third-order valence-corrected chi connectivity index (χ3v) is 6.82. The van der Waals surface area contributed by atoms with Crippen molar-refractivity contribution in [3.05, 3.63) is 95.1 Å². The van der Waals surface area contributed by atoms with Gasteiger partial charge in [0.05, 0.1) is 18.1 Å². The summed E-state index contributed by atoms with van der Waals surface area (Å²) in [4.78, 5) is 27.5. The Bertz CT molecular complexity index is 1220. The quantitative estimate of drug-likeness (QED) is 0.187. The van der Waals surface area contributed by atoms with Crippen LogP contribution in [-0.2, 0) is 11.4 Å². The molecule has 0 amide bonds. The standard InChI is InChI=1S/C33H41NO5.ClH/c1-22(2)32(36)38-28-15-13-27(14-16-28)33(37)39-31-17-12-25(21-35)20-30(31)29(26-10-8-7-9-11-26)18-19-34(23(3)4)24(5)6;/h7-17,20,22-24,29,35H,18-19,21H2,1-6H3;1H/t29-;/m1./s1. The second-order valence-electron chi connectivity index (χ2n) is 10.7. The summed E-state index contributed by atoms with van der Waals surface area (Å²) in [5, 5.41) is 9.90. The van der Waals surface area contributed by atoms with Crippen molar-refractivity contribution < 1.29 is 24.2 Å². The van der Waals surface area contributed by atoms with Crippen LogP contribution >= 0.6 is 12.4 Å². The van der Waals surface area contributed by atoms with Crippen LogP contribution in [0.2, 0.25) is 0 Å². The highest BCUT2D eigenvalue weighted by Crippen LogP contribution is 2.36. The zero-order chi connectivity index (χ0) is 28.5. The Labute approximate surface area is 244 Å². The van der Waals surface area contributed by atoms with Gasteiger partial charge in [0.2, 0.25) is 0 Å². The van der Waals surface area contributed by atoms with E-state index in [1.807, 2.05) is 24.3 Å². The Hall–Kier alpha value is -3.19. The molecule has 40 heavy (non-hydrogen) atoms. The van der Waals surface area contributed by atoms with E-state index in [9.17, 15) is 14.7 Å². The molecule has 0 heterocycles. The first-order valence-corrected chi connectivity index (χ1v) is 13.7. The Kier molecular flexibility index (Phi) is 12.8. The number of esters is 2. The molecule has 0 radical (unpaired) electrons. The second kappa shape index (κ2) is 15.6. The molecule has 0 unspecified atom stereocenters. The van der Waals surface area contributed by atoms with Gasteiger partial charge in [-0.3, -0.25) is 9.69 Å². The topological polar surface area (TPSA) is 76.1 Å². The first kappa shape index (κ1) is 33.0. The zero-order valence-electron chi connectivity index (χ0n) is 24.3. The van der Waals surface area contributed by atoms with Gasteiger partial charge < -0.3 is 14.6 Å². The maximum Gasteiger partial charge on any atom is 0.343 e. The summed E-state index contributed by atoms with van der Waals surface area (Å²) in [5.41, 5.74) is 3.08. The van der Waals surface area contributed by atoms with Gasteiger partial charge in [-0.1, -0.05) is 50.2 Å². The van der Waals surface area contributed by atoms with E-state index in [4.69, 9.17) is 9.47 Å². The van der Waals surface area contributed by atoms with Crippen LogP contribution in [0.5, 0.6) is 11.5 Å². The van der Waals surface area contributed by atoms with Crippen molar-refractivity contribution >= 4 is 24.3 Å². The smallest absolute Gasteiger partial charge is 0.343 e. The number of halogens is 1. The number of nitrogens with zero attached hydrogens (tertiary/aromatic N) is 1. The molecule has 0 saturated carbocycles. The predicted molar refractivity (Wildman–Crippen MR) is 161 cm³/mol. The van der Waals surface area contributed by atoms with Crippen molar-refractivity contribution in [2.75, 3.05) is 6.54 Å². The van der Waals surface area contributed by atoms with E-state index in [1.54, 1.807) is 50.2 Å². The van der Waals surface area contributed by atoms with Crippen LogP contribution in [-0.4, -0.2) is 40.6 Å². The van der Waals surface area contributed by atoms with Crippen molar-refractivity contribution in [1.29, 1.82) is 0 Å². The summed E-state index contributed by atoms with van der Waals surface area (Å²) in [7, 11) is 0.